The maximum Gasteiger partial charge on any atom is 0.340 e. The normalized spacial score (nSPS) is 10.6. The molecule has 0 aliphatic carbocycles. The number of para-hydroxylation sites is 1. The van der Waals surface area contributed by atoms with E-state index in [1.807, 2.05) is 54.8 Å². The molecule has 26 heavy (non-hydrogen) atoms. The molecule has 0 bridgehead atoms. The fourth-order valence-electron chi connectivity index (χ4n) is 2.92. The molecule has 0 atom stereocenters. The Morgan fingerprint density at radius 1 is 0.962 bits per heavy atom. The van der Waals surface area contributed by atoms with Gasteiger partial charge in [-0.1, -0.05) is 52.3 Å². The monoisotopic (exact) mass is 411 g/mol. The molecule has 0 unspecified atom stereocenters. The van der Waals surface area contributed by atoms with Crippen LogP contribution in [0.5, 0.6) is 0 Å². The fraction of sp³-hybridized carbons (Fsp3) is 0.143. The molecule has 1 aromatic heterocycles. The summed E-state index contributed by atoms with van der Waals surface area (Å²) in [4.78, 5) is 24.8. The highest BCUT2D eigenvalue weighted by Gasteiger charge is 2.19. The minimum Gasteiger partial charge on any atom is -0.454 e. The molecule has 3 aromatic rings. The number of carbonyl (C=O) groups is 2. The number of esters is 1. The molecular formula is C21H18BrNO3. The third-order valence-electron chi connectivity index (χ3n) is 4.17. The molecule has 0 saturated carbocycles. The molecule has 0 fully saturated rings. The van der Waals surface area contributed by atoms with Gasteiger partial charge in [0.15, 0.2) is 6.61 Å². The second kappa shape index (κ2) is 7.70. The Balaban J connectivity index is 1.77. The van der Waals surface area contributed by atoms with Gasteiger partial charge < -0.3 is 9.30 Å². The molecule has 1 heterocycles. The van der Waals surface area contributed by atoms with E-state index in [0.717, 1.165) is 17.1 Å². The molecule has 2 aromatic carbocycles. The highest BCUT2D eigenvalue weighted by Crippen LogP contribution is 2.22. The Hall–Kier alpha value is -2.66. The zero-order chi connectivity index (χ0) is 18.7. The number of benzene rings is 2. The molecule has 0 aliphatic rings. The quantitative estimate of drug-likeness (QED) is 0.443. The van der Waals surface area contributed by atoms with Crippen molar-refractivity contribution in [2.45, 2.75) is 13.8 Å². The number of Topliss-reactive ketones (excluding diaryl/α,β-unsaturated/α-hetero) is 1. The molecule has 0 spiro atoms. The number of nitrogens with zero attached hydrogens (tertiary/aromatic N) is 1. The lowest BCUT2D eigenvalue weighted by atomic mass is 10.1. The van der Waals surface area contributed by atoms with Gasteiger partial charge in [0.25, 0.3) is 0 Å². The Kier molecular flexibility index (Phi) is 5.38. The summed E-state index contributed by atoms with van der Waals surface area (Å²) < 4.78 is 7.94. The van der Waals surface area contributed by atoms with E-state index in [-0.39, 0.29) is 12.4 Å². The van der Waals surface area contributed by atoms with Gasteiger partial charge in [0.05, 0.1) is 5.56 Å². The summed E-state index contributed by atoms with van der Waals surface area (Å²) in [5.74, 6) is -0.747. The van der Waals surface area contributed by atoms with Crippen LogP contribution in [0.25, 0.3) is 5.69 Å². The van der Waals surface area contributed by atoms with Crippen LogP contribution in [-0.4, -0.2) is 22.9 Å². The first-order chi connectivity index (χ1) is 12.5. The van der Waals surface area contributed by atoms with Gasteiger partial charge in [-0.2, -0.15) is 0 Å². The van der Waals surface area contributed by atoms with E-state index < -0.39 is 5.97 Å². The molecule has 0 aliphatic heterocycles. The van der Waals surface area contributed by atoms with Crippen molar-refractivity contribution in [2.24, 2.45) is 0 Å². The Bertz CT molecular complexity index is 961. The number of hydrogen-bond donors (Lipinski definition) is 0. The number of ether oxygens (including phenoxy) is 1. The van der Waals surface area contributed by atoms with Crippen molar-refractivity contribution in [1.82, 2.24) is 4.57 Å². The van der Waals surface area contributed by atoms with Crippen LogP contribution in [0.2, 0.25) is 0 Å². The average Bonchev–Trinajstić information content (AvgIpc) is 2.95. The van der Waals surface area contributed by atoms with E-state index in [1.54, 1.807) is 24.3 Å². The van der Waals surface area contributed by atoms with E-state index in [9.17, 15) is 9.59 Å². The van der Waals surface area contributed by atoms with Crippen molar-refractivity contribution in [2.75, 3.05) is 6.61 Å². The number of aryl methyl sites for hydroxylation is 1. The topological polar surface area (TPSA) is 48.3 Å². The number of carbonyl (C=O) groups excluding carboxylic acids is 2. The van der Waals surface area contributed by atoms with Crippen molar-refractivity contribution in [3.05, 3.63) is 87.7 Å². The third kappa shape index (κ3) is 3.63. The minimum absolute atomic E-state index is 0.248. The summed E-state index contributed by atoms with van der Waals surface area (Å²) in [5, 5.41) is 0. The largest absolute Gasteiger partial charge is 0.454 e. The van der Waals surface area contributed by atoms with Crippen molar-refractivity contribution in [3.8, 4) is 5.69 Å². The second-order valence-corrected chi connectivity index (χ2v) is 6.79. The van der Waals surface area contributed by atoms with Gasteiger partial charge in [-0.25, -0.2) is 4.79 Å². The third-order valence-corrected chi connectivity index (χ3v) is 4.87. The molecule has 0 saturated heterocycles. The maximum absolute atomic E-state index is 12.5. The fourth-order valence-corrected chi connectivity index (χ4v) is 3.42. The Morgan fingerprint density at radius 2 is 1.62 bits per heavy atom. The Labute approximate surface area is 160 Å². The van der Waals surface area contributed by atoms with Crippen LogP contribution in [0.15, 0.2) is 65.1 Å². The van der Waals surface area contributed by atoms with Crippen LogP contribution in [0.4, 0.5) is 0 Å². The van der Waals surface area contributed by atoms with Crippen molar-refractivity contribution >= 4 is 27.7 Å². The average molecular weight is 412 g/mol. The van der Waals surface area contributed by atoms with E-state index >= 15 is 0 Å². The van der Waals surface area contributed by atoms with Crippen LogP contribution in [-0.2, 0) is 4.74 Å². The van der Waals surface area contributed by atoms with Gasteiger partial charge in [0, 0.05) is 27.1 Å². The van der Waals surface area contributed by atoms with Gasteiger partial charge in [-0.3, -0.25) is 4.79 Å². The standard InChI is InChI=1S/C21H18BrNO3/c1-14-12-18(15(2)23(14)16-8-4-3-5-9-16)21(25)26-13-20(24)17-10-6-7-11-19(17)22/h3-12H,13H2,1-2H3. The summed E-state index contributed by atoms with van der Waals surface area (Å²) in [6, 6.07) is 18.7. The molecule has 5 heteroatoms. The number of hydrogen-bond acceptors (Lipinski definition) is 3. The number of ketones is 1. The van der Waals surface area contributed by atoms with E-state index in [0.29, 0.717) is 15.6 Å². The number of halogens is 1. The van der Waals surface area contributed by atoms with Gasteiger partial charge >= 0.3 is 5.97 Å². The molecule has 0 amide bonds. The summed E-state index contributed by atoms with van der Waals surface area (Å²) in [5.41, 5.74) is 3.65. The predicted molar refractivity (Wildman–Crippen MR) is 104 cm³/mol. The number of aromatic nitrogens is 1. The van der Waals surface area contributed by atoms with Crippen molar-refractivity contribution < 1.29 is 14.3 Å². The van der Waals surface area contributed by atoms with Crippen LogP contribution < -0.4 is 0 Å². The maximum atomic E-state index is 12.5. The predicted octanol–water partition coefficient (Wildman–Crippen LogP) is 4.90. The SMILES string of the molecule is Cc1cc(C(=O)OCC(=O)c2ccccc2Br)c(C)n1-c1ccccc1. The lowest BCUT2D eigenvalue weighted by Crippen LogP contribution is -2.15. The van der Waals surface area contributed by atoms with Gasteiger partial charge in [0.1, 0.15) is 0 Å². The Morgan fingerprint density at radius 3 is 2.31 bits per heavy atom. The number of rotatable bonds is 5. The van der Waals surface area contributed by atoms with Gasteiger partial charge in [-0.05, 0) is 38.1 Å². The highest BCUT2D eigenvalue weighted by molar-refractivity contribution is 9.10. The first kappa shape index (κ1) is 18.1. The first-order valence-electron chi connectivity index (χ1n) is 8.18. The summed E-state index contributed by atoms with van der Waals surface area (Å²) >= 11 is 3.33. The van der Waals surface area contributed by atoms with Crippen LogP contribution in [0.1, 0.15) is 32.1 Å². The summed E-state index contributed by atoms with van der Waals surface area (Å²) in [7, 11) is 0. The zero-order valence-electron chi connectivity index (χ0n) is 14.5. The van der Waals surface area contributed by atoms with Gasteiger partial charge in [0.2, 0.25) is 5.78 Å². The van der Waals surface area contributed by atoms with E-state index in [4.69, 9.17) is 4.74 Å². The second-order valence-electron chi connectivity index (χ2n) is 5.93. The smallest absolute Gasteiger partial charge is 0.340 e. The zero-order valence-corrected chi connectivity index (χ0v) is 16.1. The molecule has 0 radical (unpaired) electrons. The van der Waals surface area contributed by atoms with Crippen LogP contribution in [0.3, 0.4) is 0 Å². The van der Waals surface area contributed by atoms with E-state index in [1.165, 1.54) is 0 Å². The van der Waals surface area contributed by atoms with Crippen LogP contribution >= 0.6 is 15.9 Å². The molecule has 3 rings (SSSR count). The minimum atomic E-state index is -0.499. The summed E-state index contributed by atoms with van der Waals surface area (Å²) in [6.45, 7) is 3.51. The highest BCUT2D eigenvalue weighted by atomic mass is 79.9. The molecule has 0 N–H and O–H groups in total. The van der Waals surface area contributed by atoms with Gasteiger partial charge in [-0.15, -0.1) is 0 Å². The van der Waals surface area contributed by atoms with Crippen molar-refractivity contribution in [3.63, 3.8) is 0 Å². The molecule has 4 nitrogen and oxygen atoms in total. The van der Waals surface area contributed by atoms with Crippen molar-refractivity contribution in [1.29, 1.82) is 0 Å². The lowest BCUT2D eigenvalue weighted by Gasteiger charge is -2.10. The lowest BCUT2D eigenvalue weighted by molar-refractivity contribution is 0.0474. The first-order valence-corrected chi connectivity index (χ1v) is 8.97. The van der Waals surface area contributed by atoms with Crippen LogP contribution in [0, 0.1) is 13.8 Å². The molecular weight excluding hydrogens is 394 g/mol. The van der Waals surface area contributed by atoms with E-state index in [2.05, 4.69) is 15.9 Å². The molecule has 132 valence electrons. The summed E-state index contributed by atoms with van der Waals surface area (Å²) in [6.07, 6.45) is 0.